The number of nitrogens with zero attached hydrogens (tertiary/aromatic N) is 3. The molecule has 1 fully saturated rings. The average molecular weight is 1060 g/mol. The number of fused-ring (bicyclic) bond motifs is 1. The highest BCUT2D eigenvalue weighted by molar-refractivity contribution is 7.44. The SMILES string of the molecule is COc1ccc(C(OC[C@H]2O[C@@H](n3cc(/C=C/C(=O)NCCNC(=O)[C@@H](C)c4ccc5cc(OC)ccc5c4)c(=O)[nH]c3=O)C[C@H]2OP(OCCC#N)N(C(C)C)C(C)C)(c2ccccc2)c2ccc(OC)cc2)cc1. The van der Waals surface area contributed by atoms with E-state index in [1.54, 1.807) is 21.3 Å². The van der Waals surface area contributed by atoms with Crippen LogP contribution in [0.2, 0.25) is 0 Å². The number of hydrogen-bond donors (Lipinski definition) is 3. The van der Waals surface area contributed by atoms with Crippen molar-refractivity contribution in [1.29, 1.82) is 5.26 Å². The summed E-state index contributed by atoms with van der Waals surface area (Å²) in [5.41, 5.74) is 0.587. The third kappa shape index (κ3) is 13.6. The molecular formula is C58H67N6O11P. The predicted molar refractivity (Wildman–Crippen MR) is 292 cm³/mol. The van der Waals surface area contributed by atoms with Crippen molar-refractivity contribution < 1.29 is 42.3 Å². The number of methoxy groups -OCH3 is 3. The van der Waals surface area contributed by atoms with Gasteiger partial charge >= 0.3 is 5.69 Å². The van der Waals surface area contributed by atoms with Crippen molar-refractivity contribution in [2.75, 3.05) is 47.6 Å². The molecule has 1 aliphatic rings. The van der Waals surface area contributed by atoms with Crippen molar-refractivity contribution in [2.45, 2.75) is 89.5 Å². The summed E-state index contributed by atoms with van der Waals surface area (Å²) in [5.74, 6) is 0.903. The third-order valence-corrected chi connectivity index (χ3v) is 15.3. The van der Waals surface area contributed by atoms with E-state index in [9.17, 15) is 24.4 Å². The van der Waals surface area contributed by atoms with E-state index >= 15 is 0 Å². The molecule has 0 radical (unpaired) electrons. The van der Waals surface area contributed by atoms with Gasteiger partial charge in [0.2, 0.25) is 11.8 Å². The highest BCUT2D eigenvalue weighted by Gasteiger charge is 2.45. The van der Waals surface area contributed by atoms with E-state index in [1.165, 1.54) is 22.9 Å². The Morgan fingerprint density at radius 3 is 2.03 bits per heavy atom. The number of carbonyl (C=O) groups excluding carboxylic acids is 2. The quantitative estimate of drug-likeness (QED) is 0.0213. The number of amides is 2. The maximum atomic E-state index is 13.8. The molecule has 5 atom stereocenters. The molecule has 1 unspecified atom stereocenters. The lowest BCUT2D eigenvalue weighted by Gasteiger charge is -2.39. The van der Waals surface area contributed by atoms with Crippen LogP contribution in [0.5, 0.6) is 17.2 Å². The molecule has 0 aliphatic carbocycles. The Bertz CT molecular complexity index is 3030. The van der Waals surface area contributed by atoms with Crippen LogP contribution in [0.15, 0.2) is 137 Å². The summed E-state index contributed by atoms with van der Waals surface area (Å²) in [5, 5.41) is 17.1. The lowest BCUT2D eigenvalue weighted by atomic mass is 9.80. The average Bonchev–Trinajstić information content (AvgIpc) is 3.84. The zero-order valence-electron chi connectivity index (χ0n) is 44.2. The van der Waals surface area contributed by atoms with E-state index < -0.39 is 55.6 Å². The zero-order chi connectivity index (χ0) is 54.4. The van der Waals surface area contributed by atoms with Gasteiger partial charge in [-0.3, -0.25) is 23.9 Å². The first-order chi connectivity index (χ1) is 36.7. The number of ether oxygens (including phenoxy) is 5. The number of benzene rings is 5. The number of rotatable bonds is 25. The highest BCUT2D eigenvalue weighted by atomic mass is 31.2. The van der Waals surface area contributed by atoms with Gasteiger partial charge in [0.15, 0.2) is 0 Å². The first-order valence-corrected chi connectivity index (χ1v) is 26.4. The molecule has 76 heavy (non-hydrogen) atoms. The summed E-state index contributed by atoms with van der Waals surface area (Å²) in [7, 11) is 3.03. The Morgan fingerprint density at radius 2 is 1.41 bits per heavy atom. The lowest BCUT2D eigenvalue weighted by Crippen LogP contribution is -2.39. The largest absolute Gasteiger partial charge is 0.497 e. The fourth-order valence-electron chi connectivity index (χ4n) is 9.20. The smallest absolute Gasteiger partial charge is 0.330 e. The second-order valence-electron chi connectivity index (χ2n) is 18.7. The Hall–Kier alpha value is -7.16. The van der Waals surface area contributed by atoms with Crippen molar-refractivity contribution >= 4 is 37.2 Å². The fraction of sp³-hybridized carbons (Fsp3) is 0.362. The molecule has 17 nitrogen and oxygen atoms in total. The number of H-pyrrole nitrogens is 1. The topological polar surface area (TPSA) is 205 Å². The first kappa shape index (κ1) is 56.6. The van der Waals surface area contributed by atoms with E-state index in [0.717, 1.165) is 38.8 Å². The fourth-order valence-corrected chi connectivity index (χ4v) is 11.0. The molecule has 1 aliphatic heterocycles. The maximum absolute atomic E-state index is 13.8. The molecule has 0 spiro atoms. The monoisotopic (exact) mass is 1050 g/mol. The normalized spacial score (nSPS) is 16.5. The number of carbonyl (C=O) groups is 2. The molecule has 7 rings (SSSR count). The summed E-state index contributed by atoms with van der Waals surface area (Å²) in [4.78, 5) is 55.6. The number of nitrogens with one attached hydrogen (secondary N) is 3. The summed E-state index contributed by atoms with van der Waals surface area (Å²) in [6.45, 7) is 10.3. The summed E-state index contributed by atoms with van der Waals surface area (Å²) < 4.78 is 47.3. The van der Waals surface area contributed by atoms with Gasteiger partial charge in [-0.1, -0.05) is 78.9 Å². The molecule has 2 heterocycles. The van der Waals surface area contributed by atoms with Crippen LogP contribution in [0.3, 0.4) is 0 Å². The van der Waals surface area contributed by atoms with Gasteiger partial charge < -0.3 is 43.4 Å². The molecule has 0 bridgehead atoms. The van der Waals surface area contributed by atoms with Crippen molar-refractivity contribution in [2.24, 2.45) is 0 Å². The zero-order valence-corrected chi connectivity index (χ0v) is 45.1. The van der Waals surface area contributed by atoms with Crippen molar-refractivity contribution in [3.63, 3.8) is 0 Å². The molecule has 18 heteroatoms. The molecule has 0 saturated carbocycles. The van der Waals surface area contributed by atoms with E-state index in [2.05, 4.69) is 26.4 Å². The van der Waals surface area contributed by atoms with Gasteiger partial charge in [0.25, 0.3) is 14.1 Å². The number of aromatic nitrogens is 2. The molecule has 5 aromatic carbocycles. The van der Waals surface area contributed by atoms with E-state index in [0.29, 0.717) is 11.5 Å². The van der Waals surface area contributed by atoms with Gasteiger partial charge in [-0.2, -0.15) is 5.26 Å². The van der Waals surface area contributed by atoms with Crippen LogP contribution in [-0.2, 0) is 33.7 Å². The van der Waals surface area contributed by atoms with Crippen LogP contribution in [0.25, 0.3) is 16.8 Å². The number of aromatic amines is 1. The van der Waals surface area contributed by atoms with E-state index in [1.807, 2.05) is 150 Å². The van der Waals surface area contributed by atoms with Gasteiger partial charge in [0.05, 0.1) is 64.6 Å². The van der Waals surface area contributed by atoms with Gasteiger partial charge in [-0.05, 0) is 110 Å². The molecule has 1 saturated heterocycles. The summed E-state index contributed by atoms with van der Waals surface area (Å²) in [6, 6.07) is 38.8. The van der Waals surface area contributed by atoms with Crippen LogP contribution in [0.1, 0.15) is 87.4 Å². The lowest BCUT2D eigenvalue weighted by molar-refractivity contribution is -0.122. The summed E-state index contributed by atoms with van der Waals surface area (Å²) in [6.07, 6.45) is 1.55. The van der Waals surface area contributed by atoms with E-state index in [4.69, 9.17) is 32.7 Å². The highest BCUT2D eigenvalue weighted by Crippen LogP contribution is 2.51. The van der Waals surface area contributed by atoms with Crippen molar-refractivity contribution in [3.05, 3.63) is 176 Å². The van der Waals surface area contributed by atoms with E-state index in [-0.39, 0.29) is 62.7 Å². The first-order valence-electron chi connectivity index (χ1n) is 25.2. The van der Waals surface area contributed by atoms with Crippen LogP contribution < -0.4 is 36.1 Å². The minimum Gasteiger partial charge on any atom is -0.497 e. The third-order valence-electron chi connectivity index (χ3n) is 13.1. The predicted octanol–water partition coefficient (Wildman–Crippen LogP) is 8.72. The minimum atomic E-state index is -1.79. The van der Waals surface area contributed by atoms with Crippen molar-refractivity contribution in [3.8, 4) is 23.3 Å². The molecule has 400 valence electrons. The van der Waals surface area contributed by atoms with Crippen LogP contribution >= 0.6 is 8.53 Å². The summed E-state index contributed by atoms with van der Waals surface area (Å²) >= 11 is 0. The second kappa shape index (κ2) is 26.6. The minimum absolute atomic E-state index is 0.0140. The Balaban J connectivity index is 1.13. The maximum Gasteiger partial charge on any atom is 0.330 e. The molecule has 3 N–H and O–H groups in total. The molecular weight excluding hydrogens is 988 g/mol. The van der Waals surface area contributed by atoms with Gasteiger partial charge in [0.1, 0.15) is 35.2 Å². The standard InChI is InChI=1S/C58H67N6O11P/c1-38(2)64(39(3)4)76(73-32-12-29-59)75-51-35-54(74-52(51)37-72-58(45-13-10-9-11-14-45,46-19-24-48(69-6)25-20-46)47-21-26-49(70-7)27-22-47)63-36-44(56(67)62-57(63)68)18-28-53(65)60-30-31-61-55(66)40(5)41-15-16-43-34-50(71-8)23-17-42(43)33-41/h9-11,13-28,33-34,36,38-40,51-52,54H,12,30-32,35,37H2,1-8H3,(H,60,65)(H,61,66)(H,62,67,68)/b28-18+/t40-,51+,52+,54+,76?/m0/s1. The van der Waals surface area contributed by atoms with Crippen LogP contribution in [0, 0.1) is 11.3 Å². The number of hydrogen-bond acceptors (Lipinski definition) is 13. The van der Waals surface area contributed by atoms with Crippen LogP contribution in [0.4, 0.5) is 0 Å². The van der Waals surface area contributed by atoms with Crippen LogP contribution in [-0.4, -0.2) is 98.0 Å². The molecule has 6 aromatic rings. The van der Waals surface area contributed by atoms with Gasteiger partial charge in [0, 0.05) is 43.9 Å². The Kier molecular flexibility index (Phi) is 19.8. The molecule has 1 aromatic heterocycles. The Morgan fingerprint density at radius 1 is 0.816 bits per heavy atom. The Labute approximate surface area is 444 Å². The number of nitriles is 1. The molecule has 2 amide bonds. The van der Waals surface area contributed by atoms with Crippen molar-refractivity contribution in [1.82, 2.24) is 24.9 Å². The van der Waals surface area contributed by atoms with Gasteiger partial charge in [-0.15, -0.1) is 0 Å². The van der Waals surface area contributed by atoms with Gasteiger partial charge in [-0.25, -0.2) is 9.46 Å². The second-order valence-corrected chi connectivity index (χ2v) is 20.1.